The van der Waals surface area contributed by atoms with Gasteiger partial charge in [0.25, 0.3) is 0 Å². The highest BCUT2D eigenvalue weighted by Gasteiger charge is 2.29. The quantitative estimate of drug-likeness (QED) is 0.899. The van der Waals surface area contributed by atoms with Gasteiger partial charge in [-0.15, -0.1) is 0 Å². The smallest absolute Gasteiger partial charge is 0.0951 e. The second-order valence-corrected chi connectivity index (χ2v) is 7.01. The topological polar surface area (TPSA) is 43.8 Å². The molecule has 1 aliphatic rings. The number of imidazole rings is 1. The lowest BCUT2D eigenvalue weighted by molar-refractivity contribution is 0.344. The molecule has 3 atom stereocenters. The Hall–Kier alpha value is -0.480. The monoisotopic (exact) mass is 281 g/mol. The molecule has 1 aliphatic carbocycles. The molecule has 1 aromatic heterocycles. The molecule has 0 radical (unpaired) electrons. The Morgan fingerprint density at radius 1 is 1.42 bits per heavy atom. The molecule has 3 unspecified atom stereocenters. The highest BCUT2D eigenvalue weighted by Crippen LogP contribution is 2.38. The molecule has 1 heterocycles. The summed E-state index contributed by atoms with van der Waals surface area (Å²) in [6, 6.07) is 0.606. The van der Waals surface area contributed by atoms with Crippen LogP contribution in [0.1, 0.15) is 57.2 Å². The van der Waals surface area contributed by atoms with E-state index in [0.717, 1.165) is 5.25 Å². The number of hydrogen-bond acceptors (Lipinski definition) is 3. The van der Waals surface area contributed by atoms with Crippen LogP contribution >= 0.6 is 11.8 Å². The van der Waals surface area contributed by atoms with E-state index in [0.29, 0.717) is 24.4 Å². The summed E-state index contributed by atoms with van der Waals surface area (Å²) in [5, 5.41) is 0.729. The molecule has 0 bridgehead atoms. The molecule has 2 N–H and O–H groups in total. The van der Waals surface area contributed by atoms with Crippen molar-refractivity contribution < 1.29 is 0 Å². The highest BCUT2D eigenvalue weighted by molar-refractivity contribution is 7.99. The van der Waals surface area contributed by atoms with E-state index in [1.165, 1.54) is 31.4 Å². The normalized spacial score (nSPS) is 25.7. The predicted molar refractivity (Wildman–Crippen MR) is 83.7 cm³/mol. The maximum atomic E-state index is 5.98. The van der Waals surface area contributed by atoms with E-state index >= 15 is 0 Å². The van der Waals surface area contributed by atoms with Crippen LogP contribution in [0.25, 0.3) is 0 Å². The predicted octanol–water partition coefficient (Wildman–Crippen LogP) is 3.43. The first-order chi connectivity index (χ1) is 9.19. The lowest BCUT2D eigenvalue weighted by atomic mass is 9.90. The van der Waals surface area contributed by atoms with Gasteiger partial charge >= 0.3 is 0 Å². The van der Waals surface area contributed by atoms with Crippen molar-refractivity contribution in [1.29, 1.82) is 0 Å². The SMILES string of the molecule is CSC1CCCCC1n1cncc1C(CN)C(C)C. The third kappa shape index (κ3) is 3.16. The van der Waals surface area contributed by atoms with Gasteiger partial charge in [-0.3, -0.25) is 0 Å². The zero-order chi connectivity index (χ0) is 13.8. The van der Waals surface area contributed by atoms with Gasteiger partial charge in [0, 0.05) is 35.6 Å². The molecule has 0 aromatic carbocycles. The van der Waals surface area contributed by atoms with Gasteiger partial charge in [0.15, 0.2) is 0 Å². The van der Waals surface area contributed by atoms with Gasteiger partial charge in [-0.1, -0.05) is 26.7 Å². The van der Waals surface area contributed by atoms with Crippen LogP contribution in [0, 0.1) is 5.92 Å². The van der Waals surface area contributed by atoms with Gasteiger partial charge < -0.3 is 10.3 Å². The van der Waals surface area contributed by atoms with Crippen molar-refractivity contribution in [3.8, 4) is 0 Å². The molecule has 0 amide bonds. The Bertz CT molecular complexity index is 388. The minimum atomic E-state index is 0.423. The molecule has 1 aromatic rings. The first-order valence-electron chi connectivity index (χ1n) is 7.43. The fourth-order valence-corrected chi connectivity index (χ4v) is 4.27. The van der Waals surface area contributed by atoms with Crippen LogP contribution in [0.15, 0.2) is 12.5 Å². The average molecular weight is 281 g/mol. The van der Waals surface area contributed by atoms with Gasteiger partial charge in [-0.25, -0.2) is 4.98 Å². The maximum Gasteiger partial charge on any atom is 0.0951 e. The van der Waals surface area contributed by atoms with E-state index in [1.54, 1.807) is 0 Å². The Kier molecular flexibility index (Phi) is 5.34. The molecular weight excluding hydrogens is 254 g/mol. The van der Waals surface area contributed by atoms with E-state index in [1.807, 2.05) is 24.3 Å². The third-order valence-corrected chi connectivity index (χ3v) is 5.62. The fourth-order valence-electron chi connectivity index (χ4n) is 3.28. The third-order valence-electron chi connectivity index (χ3n) is 4.46. The molecule has 108 valence electrons. The van der Waals surface area contributed by atoms with Crippen molar-refractivity contribution in [2.24, 2.45) is 11.7 Å². The van der Waals surface area contributed by atoms with Gasteiger partial charge in [-0.05, 0) is 25.0 Å². The van der Waals surface area contributed by atoms with Crippen molar-refractivity contribution in [3.05, 3.63) is 18.2 Å². The van der Waals surface area contributed by atoms with E-state index in [-0.39, 0.29) is 0 Å². The first-order valence-corrected chi connectivity index (χ1v) is 8.72. The summed E-state index contributed by atoms with van der Waals surface area (Å²) in [5.41, 5.74) is 7.32. The maximum absolute atomic E-state index is 5.98. The van der Waals surface area contributed by atoms with Crippen LogP contribution in [0.2, 0.25) is 0 Å². The van der Waals surface area contributed by atoms with Gasteiger partial charge in [0.1, 0.15) is 0 Å². The lowest BCUT2D eigenvalue weighted by Crippen LogP contribution is -2.29. The van der Waals surface area contributed by atoms with Crippen LogP contribution in [0.5, 0.6) is 0 Å². The lowest BCUT2D eigenvalue weighted by Gasteiger charge is -2.34. The number of nitrogens with zero attached hydrogens (tertiary/aromatic N) is 2. The van der Waals surface area contributed by atoms with E-state index in [9.17, 15) is 0 Å². The summed E-state index contributed by atoms with van der Waals surface area (Å²) in [5.74, 6) is 0.990. The minimum absolute atomic E-state index is 0.423. The van der Waals surface area contributed by atoms with Crippen molar-refractivity contribution in [2.45, 2.75) is 56.7 Å². The summed E-state index contributed by atoms with van der Waals surface area (Å²) in [6.45, 7) is 5.21. The number of rotatable bonds is 5. The fraction of sp³-hybridized carbons (Fsp3) is 0.800. The van der Waals surface area contributed by atoms with Crippen molar-refractivity contribution in [2.75, 3.05) is 12.8 Å². The molecule has 1 fully saturated rings. The van der Waals surface area contributed by atoms with Crippen molar-refractivity contribution >= 4 is 11.8 Å². The second-order valence-electron chi connectivity index (χ2n) is 5.94. The number of hydrogen-bond donors (Lipinski definition) is 1. The molecule has 1 saturated carbocycles. The average Bonchev–Trinajstić information content (AvgIpc) is 2.88. The van der Waals surface area contributed by atoms with E-state index < -0.39 is 0 Å². The zero-order valence-electron chi connectivity index (χ0n) is 12.4. The van der Waals surface area contributed by atoms with Gasteiger partial charge in [0.05, 0.1) is 6.33 Å². The van der Waals surface area contributed by atoms with E-state index in [4.69, 9.17) is 5.73 Å². The summed E-state index contributed by atoms with van der Waals surface area (Å²) < 4.78 is 2.43. The van der Waals surface area contributed by atoms with Crippen LogP contribution in [-0.4, -0.2) is 27.6 Å². The molecule has 19 heavy (non-hydrogen) atoms. The van der Waals surface area contributed by atoms with Gasteiger partial charge in [-0.2, -0.15) is 11.8 Å². The second kappa shape index (κ2) is 6.80. The Balaban J connectivity index is 2.27. The minimum Gasteiger partial charge on any atom is -0.330 e. The molecule has 0 aliphatic heterocycles. The number of nitrogens with two attached hydrogens (primary N) is 1. The number of aromatic nitrogens is 2. The summed E-state index contributed by atoms with van der Waals surface area (Å²) in [7, 11) is 0. The summed E-state index contributed by atoms with van der Waals surface area (Å²) >= 11 is 2.01. The molecule has 2 rings (SSSR count). The van der Waals surface area contributed by atoms with Crippen LogP contribution in [0.4, 0.5) is 0 Å². The van der Waals surface area contributed by atoms with Crippen molar-refractivity contribution in [1.82, 2.24) is 9.55 Å². The Labute approximate surface area is 121 Å². The Morgan fingerprint density at radius 3 is 2.79 bits per heavy atom. The van der Waals surface area contributed by atoms with Gasteiger partial charge in [0.2, 0.25) is 0 Å². The number of thioether (sulfide) groups is 1. The molecule has 0 spiro atoms. The molecule has 4 heteroatoms. The zero-order valence-corrected chi connectivity index (χ0v) is 13.2. The van der Waals surface area contributed by atoms with Crippen molar-refractivity contribution in [3.63, 3.8) is 0 Å². The summed E-state index contributed by atoms with van der Waals surface area (Å²) in [4.78, 5) is 4.42. The standard InChI is InChI=1S/C15H27N3S/c1-11(2)12(8-16)14-9-17-10-18(14)13-6-4-5-7-15(13)19-3/h9-13,15H,4-8,16H2,1-3H3. The van der Waals surface area contributed by atoms with E-state index in [2.05, 4.69) is 29.7 Å². The first kappa shape index (κ1) is 14.9. The summed E-state index contributed by atoms with van der Waals surface area (Å²) in [6.07, 6.45) is 11.6. The highest BCUT2D eigenvalue weighted by atomic mass is 32.2. The van der Waals surface area contributed by atoms with Crippen LogP contribution in [0.3, 0.4) is 0 Å². The largest absolute Gasteiger partial charge is 0.330 e. The molecule has 0 saturated heterocycles. The van der Waals surface area contributed by atoms with Crippen LogP contribution < -0.4 is 5.73 Å². The molecule has 3 nitrogen and oxygen atoms in total. The Morgan fingerprint density at radius 2 is 2.16 bits per heavy atom. The molecular formula is C15H27N3S. The van der Waals surface area contributed by atoms with Crippen LogP contribution in [-0.2, 0) is 0 Å².